The number of rotatable bonds is 7. The van der Waals surface area contributed by atoms with Crippen LogP contribution in [-0.4, -0.2) is 44.0 Å². The lowest BCUT2D eigenvalue weighted by atomic mass is 9.78. The van der Waals surface area contributed by atoms with Gasteiger partial charge in [0.05, 0.1) is 23.8 Å². The van der Waals surface area contributed by atoms with E-state index in [2.05, 4.69) is 30.8 Å². The number of nitrogens with one attached hydrogen (secondary N) is 2. The molecule has 0 aliphatic carbocycles. The van der Waals surface area contributed by atoms with Crippen LogP contribution in [0, 0.1) is 0 Å². The lowest BCUT2D eigenvalue weighted by Gasteiger charge is -2.21. The van der Waals surface area contributed by atoms with Gasteiger partial charge in [0, 0.05) is 11.9 Å². The fourth-order valence-electron chi connectivity index (χ4n) is 3.99. The van der Waals surface area contributed by atoms with E-state index in [9.17, 15) is 10.1 Å². The van der Waals surface area contributed by atoms with Crippen LogP contribution in [0.5, 0.6) is 0 Å². The molecular weight excluding hydrogens is 435 g/mol. The first-order valence-corrected chi connectivity index (χ1v) is 10.8. The molecule has 1 aliphatic rings. The number of nitrogens with zero attached hydrogens (tertiary/aromatic N) is 4. The van der Waals surface area contributed by atoms with Gasteiger partial charge in [-0.1, -0.05) is 36.4 Å². The van der Waals surface area contributed by atoms with Crippen molar-refractivity contribution in [3.63, 3.8) is 0 Å². The Morgan fingerprint density at radius 1 is 1.15 bits per heavy atom. The smallest absolute Gasteiger partial charge is 0.423 e. The second-order valence-electron chi connectivity index (χ2n) is 8.40. The number of aromatic nitrogens is 4. The van der Waals surface area contributed by atoms with Gasteiger partial charge in [-0.05, 0) is 42.6 Å². The molecule has 10 nitrogen and oxygen atoms in total. The van der Waals surface area contributed by atoms with E-state index in [0.29, 0.717) is 17.3 Å². The molecule has 3 heterocycles. The number of fused-ring (bicyclic) bond motifs is 1. The fourth-order valence-corrected chi connectivity index (χ4v) is 3.99. The molecule has 34 heavy (non-hydrogen) atoms. The van der Waals surface area contributed by atoms with Gasteiger partial charge in [-0.25, -0.2) is 4.98 Å². The van der Waals surface area contributed by atoms with Crippen molar-refractivity contribution in [1.82, 2.24) is 20.2 Å². The number of benzene rings is 2. The van der Waals surface area contributed by atoms with Gasteiger partial charge in [0.1, 0.15) is 5.82 Å². The zero-order valence-corrected chi connectivity index (χ0v) is 18.6. The maximum atomic E-state index is 10.1. The van der Waals surface area contributed by atoms with Gasteiger partial charge in [-0.15, -0.1) is 10.2 Å². The highest BCUT2D eigenvalue weighted by molar-refractivity contribution is 6.62. The van der Waals surface area contributed by atoms with Crippen LogP contribution in [0.2, 0.25) is 0 Å². The third-order valence-electron chi connectivity index (χ3n) is 5.71. The quantitative estimate of drug-likeness (QED) is 0.305. The van der Waals surface area contributed by atoms with E-state index in [0.717, 1.165) is 22.3 Å². The zero-order valence-electron chi connectivity index (χ0n) is 18.6. The number of anilines is 3. The van der Waals surface area contributed by atoms with Gasteiger partial charge >= 0.3 is 7.12 Å². The zero-order chi connectivity index (χ0) is 23.7. The van der Waals surface area contributed by atoms with Crippen LogP contribution in [0.1, 0.15) is 31.0 Å². The molecule has 0 saturated carbocycles. The first kappa shape index (κ1) is 22.0. The molecule has 5 rings (SSSR count). The van der Waals surface area contributed by atoms with E-state index in [-0.39, 0.29) is 12.5 Å². The molecule has 11 heteroatoms. The molecule has 1 unspecified atom stereocenters. The van der Waals surface area contributed by atoms with Gasteiger partial charge in [-0.3, -0.25) is 0 Å². The van der Waals surface area contributed by atoms with Crippen LogP contribution in [0.3, 0.4) is 0 Å². The predicted octanol–water partition coefficient (Wildman–Crippen LogP) is 2.37. The Morgan fingerprint density at radius 3 is 2.71 bits per heavy atom. The summed E-state index contributed by atoms with van der Waals surface area (Å²) in [6, 6.07) is 14.7. The summed E-state index contributed by atoms with van der Waals surface area (Å²) in [5.41, 5.74) is 3.14. The summed E-state index contributed by atoms with van der Waals surface area (Å²) in [6.45, 7) is 3.66. The van der Waals surface area contributed by atoms with Gasteiger partial charge in [0.25, 0.3) is 5.89 Å². The molecule has 0 radical (unpaired) electrons. The first-order valence-electron chi connectivity index (χ1n) is 10.8. The lowest BCUT2D eigenvalue weighted by Crippen LogP contribution is -2.28. The van der Waals surface area contributed by atoms with Gasteiger partial charge in [0.2, 0.25) is 12.3 Å². The van der Waals surface area contributed by atoms with Crippen molar-refractivity contribution in [2.45, 2.75) is 25.5 Å². The molecule has 0 fully saturated rings. The maximum Gasteiger partial charge on any atom is 0.492 e. The largest absolute Gasteiger partial charge is 0.492 e. The van der Waals surface area contributed by atoms with E-state index in [1.54, 1.807) is 6.20 Å². The van der Waals surface area contributed by atoms with Gasteiger partial charge in [-0.2, -0.15) is 4.98 Å². The van der Waals surface area contributed by atoms with E-state index in [1.807, 2.05) is 62.4 Å². The Labute approximate surface area is 196 Å². The van der Waals surface area contributed by atoms with E-state index >= 15 is 0 Å². The Bertz CT molecular complexity index is 1290. The molecular formula is C23H23BN6O4. The Hall–Kier alpha value is -3.80. The number of aliphatic hydroxyl groups excluding tert-OH is 1. The van der Waals surface area contributed by atoms with Crippen molar-refractivity contribution >= 4 is 30.0 Å². The molecule has 4 N–H and O–H groups in total. The van der Waals surface area contributed by atoms with Gasteiger partial charge in [0.15, 0.2) is 0 Å². The van der Waals surface area contributed by atoms with Crippen molar-refractivity contribution in [3.05, 3.63) is 72.2 Å². The summed E-state index contributed by atoms with van der Waals surface area (Å²) in [7, 11) is -0.951. The minimum absolute atomic E-state index is 0.151. The standard InChI is InChI=1S/C23H23BN6O4/c1-23(2)17-10-15(8-9-18(17)24(32)34-23)27-22-25-11-16(21-30-26-13-33-21)20(29-22)28-19(12-31)14-6-4-3-5-7-14/h3-11,13,19,31-32H,12H2,1-2H3,(H2,25,27,28,29). The van der Waals surface area contributed by atoms with Crippen LogP contribution < -0.4 is 16.1 Å². The number of aliphatic hydroxyl groups is 1. The topological polar surface area (TPSA) is 138 Å². The molecule has 0 saturated heterocycles. The highest BCUT2D eigenvalue weighted by atomic mass is 16.5. The monoisotopic (exact) mass is 458 g/mol. The first-order chi connectivity index (χ1) is 16.4. The fraction of sp³-hybridized carbons (Fsp3) is 0.217. The van der Waals surface area contributed by atoms with Crippen LogP contribution >= 0.6 is 0 Å². The molecule has 0 bridgehead atoms. The maximum absolute atomic E-state index is 10.1. The summed E-state index contributed by atoms with van der Waals surface area (Å²) >= 11 is 0. The van der Waals surface area contributed by atoms with Crippen molar-refractivity contribution in [1.29, 1.82) is 0 Å². The molecule has 2 aromatic carbocycles. The predicted molar refractivity (Wildman–Crippen MR) is 127 cm³/mol. The summed E-state index contributed by atoms with van der Waals surface area (Å²) in [4.78, 5) is 9.04. The third kappa shape index (κ3) is 4.24. The summed E-state index contributed by atoms with van der Waals surface area (Å²) in [5.74, 6) is 1.00. The van der Waals surface area contributed by atoms with Gasteiger partial charge < -0.3 is 29.8 Å². The van der Waals surface area contributed by atoms with Crippen LogP contribution in [0.25, 0.3) is 11.5 Å². The molecule has 1 aliphatic heterocycles. The second-order valence-corrected chi connectivity index (χ2v) is 8.40. The molecule has 4 aromatic rings. The van der Waals surface area contributed by atoms with Crippen LogP contribution in [-0.2, 0) is 10.3 Å². The highest BCUT2D eigenvalue weighted by Gasteiger charge is 2.40. The van der Waals surface area contributed by atoms with E-state index < -0.39 is 18.8 Å². The van der Waals surface area contributed by atoms with Crippen molar-refractivity contribution in [2.75, 3.05) is 17.2 Å². The van der Waals surface area contributed by atoms with Crippen molar-refractivity contribution in [3.8, 4) is 11.5 Å². The van der Waals surface area contributed by atoms with Crippen LogP contribution in [0.4, 0.5) is 17.5 Å². The summed E-state index contributed by atoms with van der Waals surface area (Å²) < 4.78 is 11.0. The SMILES string of the molecule is CC1(C)OB(O)c2ccc(Nc3ncc(-c4nnco4)c(NC(CO)c4ccccc4)n3)cc21. The normalized spacial score (nSPS) is 15.1. The molecule has 172 valence electrons. The number of hydrogen-bond donors (Lipinski definition) is 4. The van der Waals surface area contributed by atoms with Crippen LogP contribution in [0.15, 0.2) is 65.5 Å². The highest BCUT2D eigenvalue weighted by Crippen LogP contribution is 2.33. The Morgan fingerprint density at radius 2 is 1.97 bits per heavy atom. The number of hydrogen-bond acceptors (Lipinski definition) is 10. The molecule has 2 aromatic heterocycles. The summed E-state index contributed by atoms with van der Waals surface area (Å²) in [5, 5.41) is 34.3. The average Bonchev–Trinajstić information content (AvgIpc) is 3.44. The Balaban J connectivity index is 1.48. The third-order valence-corrected chi connectivity index (χ3v) is 5.71. The minimum Gasteiger partial charge on any atom is -0.423 e. The molecule has 0 spiro atoms. The molecule has 1 atom stereocenters. The Kier molecular flexibility index (Phi) is 5.74. The molecule has 0 amide bonds. The lowest BCUT2D eigenvalue weighted by molar-refractivity contribution is 0.101. The summed E-state index contributed by atoms with van der Waals surface area (Å²) in [6.07, 6.45) is 2.81. The second kappa shape index (κ2) is 8.86. The minimum atomic E-state index is -0.951. The van der Waals surface area contributed by atoms with Crippen molar-refractivity contribution in [2.24, 2.45) is 0 Å². The van der Waals surface area contributed by atoms with Crippen molar-refractivity contribution < 1.29 is 19.2 Å². The van der Waals surface area contributed by atoms with E-state index in [1.165, 1.54) is 6.39 Å². The van der Waals surface area contributed by atoms with E-state index in [4.69, 9.17) is 9.07 Å². The average molecular weight is 458 g/mol.